The number of rotatable bonds is 5. The van der Waals surface area contributed by atoms with E-state index < -0.39 is 46.2 Å². The second kappa shape index (κ2) is 8.67. The maximum atomic E-state index is 13.4. The normalized spacial score (nSPS) is 16.6. The van der Waals surface area contributed by atoms with Crippen LogP contribution in [0.25, 0.3) is 0 Å². The number of aryl methyl sites for hydroxylation is 1. The van der Waals surface area contributed by atoms with Crippen molar-refractivity contribution in [1.82, 2.24) is 5.48 Å². The molecule has 3 rings (SSSR count). The zero-order valence-corrected chi connectivity index (χ0v) is 16.1. The summed E-state index contributed by atoms with van der Waals surface area (Å²) in [5.74, 6) is -0.993. The van der Waals surface area contributed by atoms with Gasteiger partial charge in [-0.15, -0.1) is 4.40 Å². The number of nitrogens with zero attached hydrogens (tertiary/aromatic N) is 1. The van der Waals surface area contributed by atoms with E-state index in [1.54, 1.807) is 0 Å². The Kier molecular flexibility index (Phi) is 6.36. The molecule has 0 fully saturated rings. The highest BCUT2D eigenvalue weighted by atomic mass is 32.2. The predicted molar refractivity (Wildman–Crippen MR) is 98.7 cm³/mol. The topological polar surface area (TPSA) is 79.8 Å². The van der Waals surface area contributed by atoms with Gasteiger partial charge in [-0.25, -0.2) is 9.69 Å². The standard InChI is InChI=1S/C18H13F6N3O3S/c19-17(20,21)11-4-1-10(2-5-11)3-8-15(28)25-12-6-7-13(14(9-12)18(22,23)24)16-26-30-31(29)27-16/h1-2,4-7,9H,3,8H2,(H,25,28)(H,26,27). The third kappa shape index (κ3) is 5.82. The summed E-state index contributed by atoms with van der Waals surface area (Å²) in [4.78, 5) is 12.1. The predicted octanol–water partition coefficient (Wildman–Crippen LogP) is 4.16. The van der Waals surface area contributed by atoms with Crippen molar-refractivity contribution in [3.05, 3.63) is 64.7 Å². The Morgan fingerprint density at radius 3 is 2.26 bits per heavy atom. The molecule has 1 amide bonds. The first-order valence-corrected chi connectivity index (χ1v) is 9.58. The Bertz CT molecular complexity index is 1040. The quantitative estimate of drug-likeness (QED) is 0.651. The molecule has 0 spiro atoms. The molecule has 0 aliphatic carbocycles. The van der Waals surface area contributed by atoms with Gasteiger partial charge >= 0.3 is 23.6 Å². The summed E-state index contributed by atoms with van der Waals surface area (Å²) in [6.07, 6.45) is -9.34. The van der Waals surface area contributed by atoms with Crippen molar-refractivity contribution in [2.45, 2.75) is 25.2 Å². The first-order chi connectivity index (χ1) is 14.4. The van der Waals surface area contributed by atoms with Gasteiger partial charge in [-0.3, -0.25) is 4.79 Å². The molecule has 1 heterocycles. The van der Waals surface area contributed by atoms with E-state index in [0.29, 0.717) is 11.6 Å². The SMILES string of the molecule is O=C(CCc1ccc(C(F)(F)F)cc1)Nc1ccc(C2=NS(=O)ON2)c(C(F)(F)F)c1. The molecule has 13 heteroatoms. The number of hydroxylamine groups is 1. The maximum absolute atomic E-state index is 13.4. The summed E-state index contributed by atoms with van der Waals surface area (Å²) in [5, 5.41) is 2.32. The molecule has 1 atom stereocenters. The molecule has 0 radical (unpaired) electrons. The van der Waals surface area contributed by atoms with Gasteiger partial charge in [-0.2, -0.15) is 30.6 Å². The smallest absolute Gasteiger partial charge is 0.326 e. The van der Waals surface area contributed by atoms with Crippen LogP contribution in [0, 0.1) is 0 Å². The van der Waals surface area contributed by atoms with Crippen LogP contribution < -0.4 is 10.8 Å². The van der Waals surface area contributed by atoms with Gasteiger partial charge in [0, 0.05) is 17.7 Å². The number of nitrogens with one attached hydrogen (secondary N) is 2. The molecule has 31 heavy (non-hydrogen) atoms. The molecule has 0 bridgehead atoms. The van der Waals surface area contributed by atoms with Crippen molar-refractivity contribution in [2.24, 2.45) is 4.40 Å². The Hall–Kier alpha value is -2.93. The molecular formula is C18H13F6N3O3S. The number of carbonyl (C=O) groups excluding carboxylic acids is 1. The van der Waals surface area contributed by atoms with E-state index in [1.807, 2.05) is 5.48 Å². The van der Waals surface area contributed by atoms with Crippen molar-refractivity contribution < 1.29 is 39.6 Å². The highest BCUT2D eigenvalue weighted by molar-refractivity contribution is 7.79. The largest absolute Gasteiger partial charge is 0.417 e. The zero-order chi connectivity index (χ0) is 22.8. The van der Waals surface area contributed by atoms with Gasteiger partial charge in [-0.05, 0) is 42.3 Å². The van der Waals surface area contributed by atoms with Crippen molar-refractivity contribution in [3.63, 3.8) is 0 Å². The number of carbonyl (C=O) groups is 1. The molecule has 0 aromatic heterocycles. The molecule has 1 aliphatic rings. The minimum absolute atomic E-state index is 0.0953. The second-order valence-electron chi connectivity index (χ2n) is 6.34. The monoisotopic (exact) mass is 465 g/mol. The molecule has 2 aromatic rings. The fourth-order valence-electron chi connectivity index (χ4n) is 2.70. The van der Waals surface area contributed by atoms with Crippen LogP contribution in [0.3, 0.4) is 0 Å². The maximum Gasteiger partial charge on any atom is 0.417 e. The lowest BCUT2D eigenvalue weighted by Gasteiger charge is -2.14. The number of benzene rings is 2. The van der Waals surface area contributed by atoms with Crippen molar-refractivity contribution in [2.75, 3.05) is 5.32 Å². The molecular weight excluding hydrogens is 452 g/mol. The average molecular weight is 465 g/mol. The van der Waals surface area contributed by atoms with Gasteiger partial charge in [0.15, 0.2) is 5.84 Å². The number of hydrogen-bond donors (Lipinski definition) is 2. The van der Waals surface area contributed by atoms with Gasteiger partial charge in [0.1, 0.15) is 0 Å². The Labute approximate surface area is 174 Å². The fourth-order valence-corrected chi connectivity index (χ4v) is 3.17. The summed E-state index contributed by atoms with van der Waals surface area (Å²) in [6.45, 7) is 0. The minimum atomic E-state index is -4.80. The lowest BCUT2D eigenvalue weighted by molar-refractivity contribution is -0.138. The van der Waals surface area contributed by atoms with Crippen LogP contribution in [0.4, 0.5) is 32.0 Å². The van der Waals surface area contributed by atoms with Crippen LogP contribution in [0.5, 0.6) is 0 Å². The summed E-state index contributed by atoms with van der Waals surface area (Å²) < 4.78 is 96.8. The van der Waals surface area contributed by atoms with E-state index >= 15 is 0 Å². The van der Waals surface area contributed by atoms with Crippen LogP contribution in [0.2, 0.25) is 0 Å². The van der Waals surface area contributed by atoms with E-state index in [1.165, 1.54) is 18.2 Å². The average Bonchev–Trinajstić information content (AvgIpc) is 3.11. The van der Waals surface area contributed by atoms with E-state index in [0.717, 1.165) is 18.2 Å². The van der Waals surface area contributed by atoms with Crippen molar-refractivity contribution in [1.29, 1.82) is 0 Å². The second-order valence-corrected chi connectivity index (χ2v) is 7.13. The van der Waals surface area contributed by atoms with Crippen LogP contribution >= 0.6 is 0 Å². The summed E-state index contributed by atoms with van der Waals surface area (Å²) in [5.41, 5.74) is -0.0156. The van der Waals surface area contributed by atoms with Gasteiger partial charge < -0.3 is 5.32 Å². The molecule has 2 N–H and O–H groups in total. The minimum Gasteiger partial charge on any atom is -0.326 e. The molecule has 0 saturated carbocycles. The molecule has 1 unspecified atom stereocenters. The van der Waals surface area contributed by atoms with E-state index in [-0.39, 0.29) is 24.4 Å². The Morgan fingerprint density at radius 1 is 1.03 bits per heavy atom. The van der Waals surface area contributed by atoms with E-state index in [4.69, 9.17) is 0 Å². The highest BCUT2D eigenvalue weighted by Gasteiger charge is 2.36. The number of amides is 1. The molecule has 166 valence electrons. The third-order valence-corrected chi connectivity index (χ3v) is 4.72. The first-order valence-electron chi connectivity index (χ1n) is 8.55. The number of alkyl halides is 6. The zero-order valence-electron chi connectivity index (χ0n) is 15.3. The molecule has 1 aliphatic heterocycles. The lowest BCUT2D eigenvalue weighted by atomic mass is 10.0. The fraction of sp³-hybridized carbons (Fsp3) is 0.222. The van der Waals surface area contributed by atoms with Crippen LogP contribution in [0.15, 0.2) is 46.9 Å². The molecule has 6 nitrogen and oxygen atoms in total. The third-order valence-electron chi connectivity index (χ3n) is 4.16. The highest BCUT2D eigenvalue weighted by Crippen LogP contribution is 2.34. The number of hydrogen-bond acceptors (Lipinski definition) is 4. The summed E-state index contributed by atoms with van der Waals surface area (Å²) >= 11 is -2.15. The van der Waals surface area contributed by atoms with Crippen LogP contribution in [-0.4, -0.2) is 16.0 Å². The van der Waals surface area contributed by atoms with E-state index in [2.05, 4.69) is 14.0 Å². The van der Waals surface area contributed by atoms with E-state index in [9.17, 15) is 35.3 Å². The lowest BCUT2D eigenvalue weighted by Crippen LogP contribution is -2.23. The number of anilines is 1. The first kappa shape index (κ1) is 22.7. The molecule has 0 saturated heterocycles. The summed E-state index contributed by atoms with van der Waals surface area (Å²) in [6, 6.07) is 7.16. The van der Waals surface area contributed by atoms with Crippen LogP contribution in [-0.2, 0) is 39.1 Å². The van der Waals surface area contributed by atoms with Crippen molar-refractivity contribution in [3.8, 4) is 0 Å². The number of halogens is 6. The Balaban J connectivity index is 1.68. The van der Waals surface area contributed by atoms with Gasteiger partial charge in [0.2, 0.25) is 5.91 Å². The molecule has 2 aromatic carbocycles. The Morgan fingerprint density at radius 2 is 1.71 bits per heavy atom. The summed E-state index contributed by atoms with van der Waals surface area (Å²) in [7, 11) is 0. The number of amidine groups is 1. The van der Waals surface area contributed by atoms with Gasteiger partial charge in [0.05, 0.1) is 11.1 Å². The van der Waals surface area contributed by atoms with Gasteiger partial charge in [-0.1, -0.05) is 12.1 Å². The van der Waals surface area contributed by atoms with Crippen molar-refractivity contribution >= 4 is 28.7 Å². The van der Waals surface area contributed by atoms with Gasteiger partial charge in [0.25, 0.3) is 0 Å². The van der Waals surface area contributed by atoms with Crippen LogP contribution in [0.1, 0.15) is 28.7 Å².